The second-order valence-electron chi connectivity index (χ2n) is 7.81. The van der Waals surface area contributed by atoms with Crippen molar-refractivity contribution < 1.29 is 22.6 Å². The Labute approximate surface area is 185 Å². The lowest BCUT2D eigenvalue weighted by atomic mass is 10.1. The number of benzene rings is 2. The molecule has 5 rings (SSSR count). The summed E-state index contributed by atoms with van der Waals surface area (Å²) in [6.07, 6.45) is -0.791. The van der Waals surface area contributed by atoms with Gasteiger partial charge in [0.15, 0.2) is 5.82 Å². The summed E-state index contributed by atoms with van der Waals surface area (Å²) >= 11 is 0. The van der Waals surface area contributed by atoms with Crippen molar-refractivity contribution in [3.8, 4) is 17.1 Å². The number of methoxy groups -OCH3 is 1. The van der Waals surface area contributed by atoms with Gasteiger partial charge in [-0.1, -0.05) is 42.5 Å². The minimum Gasteiger partial charge on any atom is -0.497 e. The van der Waals surface area contributed by atoms with Crippen LogP contribution < -0.4 is 9.46 Å². The maximum Gasteiger partial charge on any atom is 0.216 e. The van der Waals surface area contributed by atoms with Gasteiger partial charge in [-0.25, -0.2) is 17.8 Å². The molecule has 2 saturated heterocycles. The number of sulfonamides is 1. The van der Waals surface area contributed by atoms with Gasteiger partial charge in [0, 0.05) is 5.56 Å². The zero-order valence-corrected chi connectivity index (χ0v) is 18.2. The van der Waals surface area contributed by atoms with Crippen LogP contribution in [0.25, 0.3) is 11.4 Å². The Balaban J connectivity index is 1.32. The van der Waals surface area contributed by atoms with E-state index in [0.717, 1.165) is 11.1 Å². The second kappa shape index (κ2) is 8.58. The Hall–Kier alpha value is -2.86. The third-order valence-electron chi connectivity index (χ3n) is 5.69. The molecule has 4 atom stereocenters. The SMILES string of the molecule is COc1cccc(-c2nnnn2[C@H]2CO[C@H]3[C@@H]2OC[C@@H]3NS(=O)(=O)Cc2ccccc2)c1. The minimum atomic E-state index is -3.56. The van der Waals surface area contributed by atoms with Crippen molar-refractivity contribution in [3.63, 3.8) is 0 Å². The summed E-state index contributed by atoms with van der Waals surface area (Å²) in [4.78, 5) is 0. The lowest BCUT2D eigenvalue weighted by Crippen LogP contribution is -2.44. The molecular weight excluding hydrogens is 434 g/mol. The van der Waals surface area contributed by atoms with Gasteiger partial charge in [-0.05, 0) is 28.1 Å². The van der Waals surface area contributed by atoms with Crippen LogP contribution in [0.2, 0.25) is 0 Å². The van der Waals surface area contributed by atoms with Crippen molar-refractivity contribution in [2.45, 2.75) is 30.0 Å². The second-order valence-corrected chi connectivity index (χ2v) is 9.57. The van der Waals surface area contributed by atoms with Gasteiger partial charge in [0.25, 0.3) is 0 Å². The van der Waals surface area contributed by atoms with E-state index in [1.54, 1.807) is 23.9 Å². The molecule has 0 spiro atoms. The van der Waals surface area contributed by atoms with Crippen LogP contribution in [-0.2, 0) is 25.2 Å². The van der Waals surface area contributed by atoms with E-state index in [4.69, 9.17) is 14.2 Å². The molecule has 1 aromatic heterocycles. The van der Waals surface area contributed by atoms with Gasteiger partial charge in [-0.3, -0.25) is 0 Å². The highest BCUT2D eigenvalue weighted by Gasteiger charge is 2.50. The van der Waals surface area contributed by atoms with Gasteiger partial charge in [-0.15, -0.1) is 5.10 Å². The number of ether oxygens (including phenoxy) is 3. The molecule has 2 aliphatic heterocycles. The van der Waals surface area contributed by atoms with Gasteiger partial charge < -0.3 is 14.2 Å². The average molecular weight is 458 g/mol. The average Bonchev–Trinajstić information content (AvgIpc) is 3.51. The summed E-state index contributed by atoms with van der Waals surface area (Å²) in [7, 11) is -1.96. The van der Waals surface area contributed by atoms with E-state index < -0.39 is 22.2 Å². The van der Waals surface area contributed by atoms with Crippen molar-refractivity contribution in [1.29, 1.82) is 0 Å². The number of tetrazole rings is 1. The summed E-state index contributed by atoms with van der Waals surface area (Å²) in [5.74, 6) is 1.16. The number of aromatic nitrogens is 4. The molecule has 168 valence electrons. The molecule has 0 amide bonds. The Morgan fingerprint density at radius 1 is 1.09 bits per heavy atom. The van der Waals surface area contributed by atoms with Gasteiger partial charge in [0.05, 0.1) is 32.1 Å². The smallest absolute Gasteiger partial charge is 0.216 e. The molecule has 1 N–H and O–H groups in total. The number of hydrogen-bond donors (Lipinski definition) is 1. The number of nitrogens with zero attached hydrogens (tertiary/aromatic N) is 4. The van der Waals surface area contributed by atoms with Gasteiger partial charge in [0.2, 0.25) is 10.0 Å². The largest absolute Gasteiger partial charge is 0.497 e. The predicted molar refractivity (Wildman–Crippen MR) is 114 cm³/mol. The molecule has 2 fully saturated rings. The lowest BCUT2D eigenvalue weighted by Gasteiger charge is -2.18. The normalized spacial score (nSPS) is 25.0. The highest BCUT2D eigenvalue weighted by Crippen LogP contribution is 2.36. The Morgan fingerprint density at radius 2 is 1.91 bits per heavy atom. The van der Waals surface area contributed by atoms with Crippen LogP contribution >= 0.6 is 0 Å². The fourth-order valence-corrected chi connectivity index (χ4v) is 5.60. The molecule has 0 radical (unpaired) electrons. The summed E-state index contributed by atoms with van der Waals surface area (Å²) in [5.41, 5.74) is 1.52. The highest BCUT2D eigenvalue weighted by molar-refractivity contribution is 7.88. The number of hydrogen-bond acceptors (Lipinski definition) is 8. The zero-order chi connectivity index (χ0) is 22.1. The molecule has 0 aliphatic carbocycles. The highest BCUT2D eigenvalue weighted by atomic mass is 32.2. The fraction of sp³-hybridized carbons (Fsp3) is 0.381. The van der Waals surface area contributed by atoms with Crippen LogP contribution in [0.5, 0.6) is 5.75 Å². The van der Waals surface area contributed by atoms with E-state index in [0.29, 0.717) is 18.2 Å². The summed E-state index contributed by atoms with van der Waals surface area (Å²) in [5, 5.41) is 12.2. The molecule has 3 heterocycles. The van der Waals surface area contributed by atoms with Crippen LogP contribution in [0.3, 0.4) is 0 Å². The van der Waals surface area contributed by atoms with E-state index in [1.807, 2.05) is 42.5 Å². The quantitative estimate of drug-likeness (QED) is 0.562. The molecule has 2 aliphatic rings. The van der Waals surface area contributed by atoms with Crippen LogP contribution in [0.4, 0.5) is 0 Å². The van der Waals surface area contributed by atoms with Gasteiger partial charge in [0.1, 0.15) is 24.0 Å². The van der Waals surface area contributed by atoms with E-state index in [-0.39, 0.29) is 24.5 Å². The molecule has 0 unspecified atom stereocenters. The van der Waals surface area contributed by atoms with E-state index in [9.17, 15) is 8.42 Å². The number of fused-ring (bicyclic) bond motifs is 1. The van der Waals surface area contributed by atoms with Crippen LogP contribution in [0, 0.1) is 0 Å². The zero-order valence-electron chi connectivity index (χ0n) is 17.4. The first-order chi connectivity index (χ1) is 15.5. The van der Waals surface area contributed by atoms with Gasteiger partial charge >= 0.3 is 0 Å². The summed E-state index contributed by atoms with van der Waals surface area (Å²) in [6.45, 7) is 0.532. The van der Waals surface area contributed by atoms with E-state index in [1.165, 1.54) is 0 Å². The van der Waals surface area contributed by atoms with Gasteiger partial charge in [-0.2, -0.15) is 0 Å². The van der Waals surface area contributed by atoms with Crippen molar-refractivity contribution in [2.24, 2.45) is 0 Å². The lowest BCUT2D eigenvalue weighted by molar-refractivity contribution is 0.0626. The number of nitrogens with one attached hydrogen (secondary N) is 1. The minimum absolute atomic E-state index is 0.0991. The van der Waals surface area contributed by atoms with Crippen molar-refractivity contribution in [1.82, 2.24) is 24.9 Å². The summed E-state index contributed by atoms with van der Waals surface area (Å²) in [6, 6.07) is 15.8. The third kappa shape index (κ3) is 4.11. The molecule has 3 aromatic rings. The van der Waals surface area contributed by atoms with Crippen molar-refractivity contribution in [3.05, 3.63) is 60.2 Å². The molecule has 10 nitrogen and oxygen atoms in total. The predicted octanol–water partition coefficient (Wildman–Crippen LogP) is 1.18. The molecule has 32 heavy (non-hydrogen) atoms. The maximum absolute atomic E-state index is 12.7. The Morgan fingerprint density at radius 3 is 2.72 bits per heavy atom. The standard InChI is InChI=1S/C21H23N5O5S/c1-29-16-9-5-8-15(10-16)21-22-24-25-26(21)18-12-31-19-17(11-30-20(18)19)23-32(27,28)13-14-6-3-2-4-7-14/h2-10,17-20,23H,11-13H2,1H3/t17-,18-,19+,20+/m0/s1. The Bertz CT molecular complexity index is 1190. The Kier molecular flexibility index (Phi) is 5.64. The van der Waals surface area contributed by atoms with Crippen LogP contribution in [-0.4, -0.2) is 67.2 Å². The van der Waals surface area contributed by atoms with Crippen molar-refractivity contribution in [2.75, 3.05) is 20.3 Å². The van der Waals surface area contributed by atoms with E-state index in [2.05, 4.69) is 20.2 Å². The monoisotopic (exact) mass is 457 g/mol. The van der Waals surface area contributed by atoms with Crippen LogP contribution in [0.1, 0.15) is 11.6 Å². The molecular formula is C21H23N5O5S. The maximum atomic E-state index is 12.7. The first-order valence-electron chi connectivity index (χ1n) is 10.2. The third-order valence-corrected chi connectivity index (χ3v) is 7.07. The van der Waals surface area contributed by atoms with Crippen molar-refractivity contribution >= 4 is 10.0 Å². The molecule has 2 aromatic carbocycles. The number of rotatable bonds is 7. The summed E-state index contributed by atoms with van der Waals surface area (Å²) < 4.78 is 47.0. The van der Waals surface area contributed by atoms with Crippen LogP contribution in [0.15, 0.2) is 54.6 Å². The molecule has 0 saturated carbocycles. The van der Waals surface area contributed by atoms with E-state index >= 15 is 0 Å². The first-order valence-corrected chi connectivity index (χ1v) is 11.9. The molecule has 0 bridgehead atoms. The first kappa shape index (κ1) is 21.0. The topological polar surface area (TPSA) is 117 Å². The molecule has 11 heteroatoms. The fourth-order valence-electron chi connectivity index (χ4n) is 4.22.